The van der Waals surface area contributed by atoms with Gasteiger partial charge in [-0.2, -0.15) is 0 Å². The topological polar surface area (TPSA) is 89.8 Å². The van der Waals surface area contributed by atoms with Gasteiger partial charge in [-0.15, -0.1) is 5.10 Å². The van der Waals surface area contributed by atoms with Crippen LogP contribution in [0.5, 0.6) is 0 Å². The lowest BCUT2D eigenvalue weighted by Gasteiger charge is -2.07. The number of aromatic nitrogens is 4. The van der Waals surface area contributed by atoms with Crippen LogP contribution in [0.25, 0.3) is 0 Å². The minimum absolute atomic E-state index is 0.124. The van der Waals surface area contributed by atoms with E-state index in [1.807, 2.05) is 0 Å². The summed E-state index contributed by atoms with van der Waals surface area (Å²) in [5.74, 6) is -0.252. The Morgan fingerprint density at radius 2 is 2.23 bits per heavy atom. The van der Waals surface area contributed by atoms with Crippen LogP contribution in [0.2, 0.25) is 0 Å². The first-order valence-electron chi connectivity index (χ1n) is 3.70. The van der Waals surface area contributed by atoms with Crippen molar-refractivity contribution in [2.75, 3.05) is 0 Å². The first kappa shape index (κ1) is 10.1. The number of nitrogens with one attached hydrogen (secondary N) is 1. The first-order chi connectivity index (χ1) is 5.99. The number of sulfonamides is 1. The molecule has 7 nitrogen and oxygen atoms in total. The van der Waals surface area contributed by atoms with Crippen LogP contribution in [-0.4, -0.2) is 34.7 Å². The number of rotatable bonds is 4. The molecular weight excluding hydrogens is 194 g/mol. The fraction of sp³-hybridized carbons (Fsp3) is 0.800. The molecular formula is C5H11N5O2S. The van der Waals surface area contributed by atoms with Crippen LogP contribution in [0, 0.1) is 0 Å². The number of hydrogen-bond donors (Lipinski definition) is 1. The van der Waals surface area contributed by atoms with Crippen LogP contribution in [0.3, 0.4) is 0 Å². The van der Waals surface area contributed by atoms with Crippen molar-refractivity contribution in [3.63, 3.8) is 0 Å². The monoisotopic (exact) mass is 205 g/mol. The first-order valence-corrected chi connectivity index (χ1v) is 5.35. The summed E-state index contributed by atoms with van der Waals surface area (Å²) in [4.78, 5) is 0. The Hall–Kier alpha value is -1.02. The Morgan fingerprint density at radius 3 is 2.69 bits per heavy atom. The maximum Gasteiger partial charge on any atom is 0.232 e. The molecule has 0 aliphatic rings. The van der Waals surface area contributed by atoms with E-state index in [1.54, 1.807) is 13.8 Å². The predicted octanol–water partition coefficient (Wildman–Crippen LogP) is -1.04. The van der Waals surface area contributed by atoms with Gasteiger partial charge in [0.25, 0.3) is 0 Å². The second kappa shape index (κ2) is 3.79. The third kappa shape index (κ3) is 3.47. The molecule has 0 atom stereocenters. The van der Waals surface area contributed by atoms with Gasteiger partial charge in [-0.3, -0.25) is 0 Å². The number of tetrazole rings is 1. The highest BCUT2D eigenvalue weighted by Crippen LogP contribution is 1.91. The molecule has 13 heavy (non-hydrogen) atoms. The third-order valence-electron chi connectivity index (χ3n) is 1.11. The van der Waals surface area contributed by atoms with Crippen molar-refractivity contribution < 1.29 is 8.42 Å². The number of nitrogens with zero attached hydrogens (tertiary/aromatic N) is 4. The van der Waals surface area contributed by atoms with E-state index < -0.39 is 10.0 Å². The zero-order valence-electron chi connectivity index (χ0n) is 7.38. The average Bonchev–Trinajstić information content (AvgIpc) is 2.34. The molecule has 0 unspecified atom stereocenters. The molecule has 1 N–H and O–H groups in total. The van der Waals surface area contributed by atoms with Crippen molar-refractivity contribution in [1.82, 2.24) is 24.9 Å². The molecule has 0 bridgehead atoms. The normalized spacial score (nSPS) is 12.2. The van der Waals surface area contributed by atoms with E-state index in [9.17, 15) is 8.42 Å². The minimum atomic E-state index is -3.33. The molecule has 1 heterocycles. The third-order valence-corrected chi connectivity index (χ3v) is 2.54. The van der Waals surface area contributed by atoms with Gasteiger partial charge < -0.3 is 0 Å². The van der Waals surface area contributed by atoms with Gasteiger partial charge in [-0.05, 0) is 24.3 Å². The fourth-order valence-corrected chi connectivity index (χ4v) is 2.07. The summed E-state index contributed by atoms with van der Waals surface area (Å²) in [6.45, 7) is 3.49. The largest absolute Gasteiger partial charge is 0.232 e. The quantitative estimate of drug-likeness (QED) is 0.678. The molecule has 0 aliphatic heterocycles. The van der Waals surface area contributed by atoms with Crippen LogP contribution >= 0.6 is 0 Å². The molecule has 1 aromatic rings. The second-order valence-corrected chi connectivity index (χ2v) is 4.59. The molecule has 0 fully saturated rings. The van der Waals surface area contributed by atoms with Crippen LogP contribution in [0.15, 0.2) is 6.33 Å². The summed E-state index contributed by atoms with van der Waals surface area (Å²) in [5, 5.41) is 10.1. The average molecular weight is 205 g/mol. The van der Waals surface area contributed by atoms with Crippen LogP contribution in [0.1, 0.15) is 13.8 Å². The molecule has 0 saturated carbocycles. The van der Waals surface area contributed by atoms with Crippen molar-refractivity contribution in [3.05, 3.63) is 6.33 Å². The maximum atomic E-state index is 11.3. The van der Waals surface area contributed by atoms with E-state index in [4.69, 9.17) is 0 Å². The Balaban J connectivity index is 2.63. The minimum Gasteiger partial charge on any atom is -0.216 e. The summed E-state index contributed by atoms with van der Waals surface area (Å²) in [6.07, 6.45) is 1.25. The Bertz CT molecular complexity index is 343. The van der Waals surface area contributed by atoms with E-state index in [0.29, 0.717) is 0 Å². The molecule has 0 aromatic carbocycles. The molecule has 0 amide bonds. The summed E-state index contributed by atoms with van der Waals surface area (Å²) < 4.78 is 26.1. The van der Waals surface area contributed by atoms with Crippen molar-refractivity contribution >= 4 is 10.0 Å². The molecule has 8 heteroatoms. The predicted molar refractivity (Wildman–Crippen MR) is 45.0 cm³/mol. The highest BCUT2D eigenvalue weighted by Gasteiger charge is 2.12. The van der Waals surface area contributed by atoms with E-state index >= 15 is 0 Å². The lowest BCUT2D eigenvalue weighted by atomic mass is 10.4. The summed E-state index contributed by atoms with van der Waals surface area (Å²) in [7, 11) is -3.33. The summed E-state index contributed by atoms with van der Waals surface area (Å²) >= 11 is 0. The number of hydrogen-bond acceptors (Lipinski definition) is 5. The van der Waals surface area contributed by atoms with Gasteiger partial charge in [-0.25, -0.2) is 17.8 Å². The Kier molecular flexibility index (Phi) is 2.94. The van der Waals surface area contributed by atoms with Crippen molar-refractivity contribution in [1.29, 1.82) is 0 Å². The molecule has 0 spiro atoms. The summed E-state index contributed by atoms with van der Waals surface area (Å²) in [5.41, 5.74) is 0. The van der Waals surface area contributed by atoms with E-state index in [-0.39, 0.29) is 11.9 Å². The standard InChI is InChI=1S/C5H11N5O2S/c1-5(2)7-13(11,12)4-10-3-6-8-9-10/h3,5,7H,4H2,1-2H3. The zero-order chi connectivity index (χ0) is 9.90. The lowest BCUT2D eigenvalue weighted by Crippen LogP contribution is -2.33. The second-order valence-electron chi connectivity index (χ2n) is 2.87. The van der Waals surface area contributed by atoms with Crippen molar-refractivity contribution in [2.24, 2.45) is 0 Å². The van der Waals surface area contributed by atoms with E-state index in [1.165, 1.54) is 6.33 Å². The van der Waals surface area contributed by atoms with Gasteiger partial charge in [0.1, 0.15) is 6.33 Å². The van der Waals surface area contributed by atoms with Gasteiger partial charge in [0, 0.05) is 6.04 Å². The van der Waals surface area contributed by atoms with Crippen LogP contribution in [0.4, 0.5) is 0 Å². The SMILES string of the molecule is CC(C)NS(=O)(=O)Cn1cnnn1. The van der Waals surface area contributed by atoms with E-state index in [2.05, 4.69) is 20.2 Å². The van der Waals surface area contributed by atoms with Crippen LogP contribution in [-0.2, 0) is 15.9 Å². The fourth-order valence-electron chi connectivity index (χ4n) is 0.810. The van der Waals surface area contributed by atoms with Gasteiger partial charge in [0.05, 0.1) is 0 Å². The van der Waals surface area contributed by atoms with Gasteiger partial charge >= 0.3 is 0 Å². The molecule has 74 valence electrons. The highest BCUT2D eigenvalue weighted by molar-refractivity contribution is 7.88. The van der Waals surface area contributed by atoms with Gasteiger partial charge in [0.15, 0.2) is 5.88 Å². The zero-order valence-corrected chi connectivity index (χ0v) is 8.19. The Morgan fingerprint density at radius 1 is 1.54 bits per heavy atom. The maximum absolute atomic E-state index is 11.3. The van der Waals surface area contributed by atoms with Crippen molar-refractivity contribution in [2.45, 2.75) is 25.8 Å². The van der Waals surface area contributed by atoms with Gasteiger partial charge in [0.2, 0.25) is 10.0 Å². The van der Waals surface area contributed by atoms with E-state index in [0.717, 1.165) is 4.68 Å². The van der Waals surface area contributed by atoms with Crippen molar-refractivity contribution in [3.8, 4) is 0 Å². The Labute approximate surface area is 76.2 Å². The van der Waals surface area contributed by atoms with Crippen LogP contribution < -0.4 is 4.72 Å². The molecule has 1 rings (SSSR count). The smallest absolute Gasteiger partial charge is 0.216 e. The summed E-state index contributed by atoms with van der Waals surface area (Å²) in [6, 6.07) is -0.124. The van der Waals surface area contributed by atoms with Gasteiger partial charge in [-0.1, -0.05) is 0 Å². The highest BCUT2D eigenvalue weighted by atomic mass is 32.2. The lowest BCUT2D eigenvalue weighted by molar-refractivity contribution is 0.547. The molecule has 0 radical (unpaired) electrons. The molecule has 0 aliphatic carbocycles. The molecule has 0 saturated heterocycles. The molecule has 1 aromatic heterocycles.